The summed E-state index contributed by atoms with van der Waals surface area (Å²) in [6.45, 7) is 2.09. The highest BCUT2D eigenvalue weighted by Gasteiger charge is 2.17. The Kier molecular flexibility index (Phi) is 2.53. The van der Waals surface area contributed by atoms with Crippen molar-refractivity contribution in [3.8, 4) is 11.5 Å². The lowest BCUT2D eigenvalue weighted by molar-refractivity contribution is 0.0527. The molecule has 0 aliphatic carbocycles. The van der Waals surface area contributed by atoms with Gasteiger partial charge in [-0.05, 0) is 19.1 Å². The van der Waals surface area contributed by atoms with Gasteiger partial charge >= 0.3 is 5.97 Å². The maximum absolute atomic E-state index is 11.5. The molecule has 0 unspecified atom stereocenters. The predicted molar refractivity (Wildman–Crippen MR) is 52.2 cm³/mol. The van der Waals surface area contributed by atoms with Crippen molar-refractivity contribution in [3.63, 3.8) is 0 Å². The van der Waals surface area contributed by atoms with Crippen LogP contribution in [0.15, 0.2) is 29.0 Å². The number of hydrogen-bond donors (Lipinski definition) is 1. The SMILES string of the molecule is CCOC(=O)c1cn[nH]c1-c1ccco1. The van der Waals surface area contributed by atoms with E-state index in [0.29, 0.717) is 23.6 Å². The summed E-state index contributed by atoms with van der Waals surface area (Å²) in [4.78, 5) is 11.5. The molecular formula is C10H10N2O3. The van der Waals surface area contributed by atoms with E-state index in [1.165, 1.54) is 12.5 Å². The quantitative estimate of drug-likeness (QED) is 0.778. The van der Waals surface area contributed by atoms with Gasteiger partial charge in [0, 0.05) is 0 Å². The van der Waals surface area contributed by atoms with Crippen LogP contribution in [0, 0.1) is 0 Å². The Morgan fingerprint density at radius 1 is 1.67 bits per heavy atom. The van der Waals surface area contributed by atoms with Crippen LogP contribution in [0.2, 0.25) is 0 Å². The highest BCUT2D eigenvalue weighted by molar-refractivity contribution is 5.95. The van der Waals surface area contributed by atoms with Gasteiger partial charge in [0.15, 0.2) is 5.76 Å². The number of esters is 1. The third-order valence-corrected chi connectivity index (χ3v) is 1.90. The Morgan fingerprint density at radius 2 is 2.53 bits per heavy atom. The molecule has 1 N–H and O–H groups in total. The largest absolute Gasteiger partial charge is 0.463 e. The summed E-state index contributed by atoms with van der Waals surface area (Å²) < 4.78 is 10.1. The van der Waals surface area contributed by atoms with Crippen molar-refractivity contribution < 1.29 is 13.9 Å². The van der Waals surface area contributed by atoms with Gasteiger partial charge in [-0.15, -0.1) is 0 Å². The van der Waals surface area contributed by atoms with Crippen LogP contribution in [0.1, 0.15) is 17.3 Å². The normalized spacial score (nSPS) is 10.2. The number of hydrogen-bond acceptors (Lipinski definition) is 4. The molecule has 5 heteroatoms. The number of nitrogens with one attached hydrogen (secondary N) is 1. The maximum Gasteiger partial charge on any atom is 0.342 e. The fourth-order valence-corrected chi connectivity index (χ4v) is 1.26. The Labute approximate surface area is 86.0 Å². The molecule has 2 rings (SSSR count). The standard InChI is InChI=1S/C10H10N2O3/c1-2-14-10(13)7-6-11-12-9(7)8-4-3-5-15-8/h3-6H,2H2,1H3,(H,11,12). The molecule has 0 fully saturated rings. The number of furan rings is 1. The Bertz CT molecular complexity index is 445. The number of aromatic amines is 1. The van der Waals surface area contributed by atoms with Crippen molar-refractivity contribution in [3.05, 3.63) is 30.2 Å². The lowest BCUT2D eigenvalue weighted by Crippen LogP contribution is -2.04. The molecule has 0 radical (unpaired) electrons. The summed E-state index contributed by atoms with van der Waals surface area (Å²) in [6.07, 6.45) is 2.96. The predicted octanol–water partition coefficient (Wildman–Crippen LogP) is 1.85. The molecule has 0 bridgehead atoms. The first kappa shape index (κ1) is 9.51. The Morgan fingerprint density at radius 3 is 3.20 bits per heavy atom. The van der Waals surface area contributed by atoms with E-state index >= 15 is 0 Å². The molecule has 2 aromatic heterocycles. The first-order chi connectivity index (χ1) is 7.33. The second kappa shape index (κ2) is 4.00. The number of carbonyl (C=O) groups excluding carboxylic acids is 1. The molecule has 78 valence electrons. The van der Waals surface area contributed by atoms with Crippen LogP contribution in [-0.4, -0.2) is 22.8 Å². The average molecular weight is 206 g/mol. The van der Waals surface area contributed by atoms with Crippen molar-refractivity contribution in [2.75, 3.05) is 6.61 Å². The minimum atomic E-state index is -0.405. The number of rotatable bonds is 3. The molecule has 2 aromatic rings. The third kappa shape index (κ3) is 1.76. The molecule has 0 aliphatic rings. The third-order valence-electron chi connectivity index (χ3n) is 1.90. The molecule has 0 amide bonds. The second-order valence-corrected chi connectivity index (χ2v) is 2.86. The summed E-state index contributed by atoms with van der Waals surface area (Å²) in [5, 5.41) is 6.50. The van der Waals surface area contributed by atoms with Crippen molar-refractivity contribution in [1.29, 1.82) is 0 Å². The van der Waals surface area contributed by atoms with Crippen molar-refractivity contribution in [2.24, 2.45) is 0 Å². The van der Waals surface area contributed by atoms with E-state index in [1.54, 1.807) is 19.1 Å². The molecule has 2 heterocycles. The summed E-state index contributed by atoms with van der Waals surface area (Å²) >= 11 is 0. The smallest absolute Gasteiger partial charge is 0.342 e. The zero-order chi connectivity index (χ0) is 10.7. The van der Waals surface area contributed by atoms with Gasteiger partial charge in [0.05, 0.1) is 19.1 Å². The minimum absolute atomic E-state index is 0.335. The maximum atomic E-state index is 11.5. The van der Waals surface area contributed by atoms with Crippen molar-refractivity contribution in [2.45, 2.75) is 6.92 Å². The van der Waals surface area contributed by atoms with Gasteiger partial charge in [-0.3, -0.25) is 5.10 Å². The van der Waals surface area contributed by atoms with Gasteiger partial charge in [0.2, 0.25) is 0 Å². The van der Waals surface area contributed by atoms with Crippen LogP contribution >= 0.6 is 0 Å². The second-order valence-electron chi connectivity index (χ2n) is 2.86. The zero-order valence-electron chi connectivity index (χ0n) is 8.19. The molecular weight excluding hydrogens is 196 g/mol. The van der Waals surface area contributed by atoms with E-state index < -0.39 is 5.97 Å². The van der Waals surface area contributed by atoms with Gasteiger partial charge in [-0.25, -0.2) is 4.79 Å². The van der Waals surface area contributed by atoms with Crippen LogP contribution in [-0.2, 0) is 4.74 Å². The van der Waals surface area contributed by atoms with Crippen LogP contribution < -0.4 is 0 Å². The highest BCUT2D eigenvalue weighted by Crippen LogP contribution is 2.21. The fourth-order valence-electron chi connectivity index (χ4n) is 1.26. The number of nitrogens with zero attached hydrogens (tertiary/aromatic N) is 1. The summed E-state index contributed by atoms with van der Waals surface area (Å²) in [6, 6.07) is 3.49. The Balaban J connectivity index is 2.34. The number of aromatic nitrogens is 2. The van der Waals surface area contributed by atoms with Crippen LogP contribution in [0.25, 0.3) is 11.5 Å². The highest BCUT2D eigenvalue weighted by atomic mass is 16.5. The number of carbonyl (C=O) groups is 1. The van der Waals surface area contributed by atoms with Gasteiger partial charge in [-0.1, -0.05) is 0 Å². The molecule has 0 aromatic carbocycles. The Hall–Kier alpha value is -2.04. The molecule has 5 nitrogen and oxygen atoms in total. The van der Waals surface area contributed by atoms with Crippen LogP contribution in [0.4, 0.5) is 0 Å². The summed E-state index contributed by atoms with van der Waals surface area (Å²) in [5.41, 5.74) is 0.922. The molecule has 0 atom stereocenters. The van der Waals surface area contributed by atoms with E-state index in [4.69, 9.17) is 9.15 Å². The fraction of sp³-hybridized carbons (Fsp3) is 0.200. The molecule has 0 spiro atoms. The molecule has 0 saturated heterocycles. The topological polar surface area (TPSA) is 68.1 Å². The molecule has 15 heavy (non-hydrogen) atoms. The van der Waals surface area contributed by atoms with E-state index in [9.17, 15) is 4.79 Å². The van der Waals surface area contributed by atoms with Crippen molar-refractivity contribution >= 4 is 5.97 Å². The average Bonchev–Trinajstić information content (AvgIpc) is 2.88. The van der Waals surface area contributed by atoms with Gasteiger partial charge < -0.3 is 9.15 Å². The van der Waals surface area contributed by atoms with E-state index in [2.05, 4.69) is 10.2 Å². The summed E-state index contributed by atoms with van der Waals surface area (Å²) in [5.74, 6) is 0.160. The minimum Gasteiger partial charge on any atom is -0.463 e. The van der Waals surface area contributed by atoms with Crippen LogP contribution in [0.3, 0.4) is 0 Å². The first-order valence-electron chi connectivity index (χ1n) is 4.57. The monoisotopic (exact) mass is 206 g/mol. The lowest BCUT2D eigenvalue weighted by atomic mass is 10.2. The summed E-state index contributed by atoms with van der Waals surface area (Å²) in [7, 11) is 0. The van der Waals surface area contributed by atoms with Gasteiger partial charge in [-0.2, -0.15) is 5.10 Å². The molecule has 0 aliphatic heterocycles. The zero-order valence-corrected chi connectivity index (χ0v) is 8.19. The molecule has 0 saturated carbocycles. The van der Waals surface area contributed by atoms with E-state index in [0.717, 1.165) is 0 Å². The van der Waals surface area contributed by atoms with Gasteiger partial charge in [0.25, 0.3) is 0 Å². The lowest BCUT2D eigenvalue weighted by Gasteiger charge is -2.00. The number of ether oxygens (including phenoxy) is 1. The van der Waals surface area contributed by atoms with Crippen LogP contribution in [0.5, 0.6) is 0 Å². The van der Waals surface area contributed by atoms with Gasteiger partial charge in [0.1, 0.15) is 11.3 Å². The van der Waals surface area contributed by atoms with E-state index in [-0.39, 0.29) is 0 Å². The number of H-pyrrole nitrogens is 1. The van der Waals surface area contributed by atoms with Crippen molar-refractivity contribution in [1.82, 2.24) is 10.2 Å². The first-order valence-corrected chi connectivity index (χ1v) is 4.57. The van der Waals surface area contributed by atoms with E-state index in [1.807, 2.05) is 0 Å².